The second-order valence-electron chi connectivity index (χ2n) is 5.69. The fraction of sp³-hybridized carbons (Fsp3) is 0.300. The van der Waals surface area contributed by atoms with Crippen LogP contribution in [0.2, 0.25) is 0 Å². The highest BCUT2D eigenvalue weighted by Crippen LogP contribution is 2.24. The number of nitrogens with one attached hydrogen (secondary N) is 2. The van der Waals surface area contributed by atoms with E-state index in [1.54, 1.807) is 38.5 Å². The number of methoxy groups -OCH3 is 3. The van der Waals surface area contributed by atoms with E-state index in [1.807, 2.05) is 18.2 Å². The molecule has 0 spiro atoms. The molecule has 0 radical (unpaired) electrons. The largest absolute Gasteiger partial charge is 0.497 e. The monoisotopic (exact) mass is 372 g/mol. The number of ether oxygens (including phenoxy) is 3. The van der Waals surface area contributed by atoms with E-state index in [9.17, 15) is 9.59 Å². The van der Waals surface area contributed by atoms with Gasteiger partial charge >= 0.3 is 0 Å². The highest BCUT2D eigenvalue weighted by atomic mass is 16.5. The summed E-state index contributed by atoms with van der Waals surface area (Å²) in [5.41, 5.74) is 1.36. The second-order valence-corrected chi connectivity index (χ2v) is 5.69. The Kier molecular flexibility index (Phi) is 7.49. The van der Waals surface area contributed by atoms with Gasteiger partial charge in [0.15, 0.2) is 0 Å². The van der Waals surface area contributed by atoms with Crippen LogP contribution in [0, 0.1) is 0 Å². The molecule has 0 atom stereocenters. The van der Waals surface area contributed by atoms with Crippen molar-refractivity contribution in [2.75, 3.05) is 34.4 Å². The lowest BCUT2D eigenvalue weighted by molar-refractivity contribution is -0.120. The van der Waals surface area contributed by atoms with E-state index >= 15 is 0 Å². The van der Waals surface area contributed by atoms with Crippen molar-refractivity contribution in [2.45, 2.75) is 6.42 Å². The molecular formula is C20H24N2O5. The van der Waals surface area contributed by atoms with Crippen LogP contribution in [-0.2, 0) is 11.2 Å². The topological polar surface area (TPSA) is 85.9 Å². The molecule has 0 unspecified atom stereocenters. The van der Waals surface area contributed by atoms with Crippen LogP contribution in [0.4, 0.5) is 0 Å². The van der Waals surface area contributed by atoms with Crippen molar-refractivity contribution >= 4 is 11.8 Å². The molecule has 2 rings (SSSR count). The molecule has 144 valence electrons. The van der Waals surface area contributed by atoms with Gasteiger partial charge in [0.2, 0.25) is 5.91 Å². The molecule has 0 aliphatic heterocycles. The summed E-state index contributed by atoms with van der Waals surface area (Å²) in [6.07, 6.45) is 0.579. The first-order valence-electron chi connectivity index (χ1n) is 8.47. The molecule has 2 N–H and O–H groups in total. The third-order valence-corrected chi connectivity index (χ3v) is 3.95. The third kappa shape index (κ3) is 5.91. The first-order valence-corrected chi connectivity index (χ1v) is 8.47. The van der Waals surface area contributed by atoms with Crippen molar-refractivity contribution < 1.29 is 23.8 Å². The van der Waals surface area contributed by atoms with Crippen LogP contribution < -0.4 is 24.8 Å². The lowest BCUT2D eigenvalue weighted by Gasteiger charge is -2.11. The Morgan fingerprint density at radius 3 is 2.33 bits per heavy atom. The number of benzene rings is 2. The molecule has 0 saturated heterocycles. The van der Waals surface area contributed by atoms with Crippen molar-refractivity contribution in [3.63, 3.8) is 0 Å². The standard InChI is InChI=1S/C20H24N2O5/c1-25-16-6-4-5-15(12-16)20(24)22-13-19(23)21-10-9-14-11-17(26-2)7-8-18(14)27-3/h4-8,11-12H,9-10,13H2,1-3H3,(H,21,23)(H,22,24). The van der Waals surface area contributed by atoms with Crippen LogP contribution in [0.5, 0.6) is 17.2 Å². The van der Waals surface area contributed by atoms with Gasteiger partial charge in [-0.2, -0.15) is 0 Å². The summed E-state index contributed by atoms with van der Waals surface area (Å²) in [4.78, 5) is 24.1. The summed E-state index contributed by atoms with van der Waals surface area (Å²) < 4.78 is 15.6. The number of carbonyl (C=O) groups excluding carboxylic acids is 2. The van der Waals surface area contributed by atoms with Crippen LogP contribution >= 0.6 is 0 Å². The molecule has 0 aliphatic rings. The summed E-state index contributed by atoms with van der Waals surface area (Å²) in [5, 5.41) is 5.36. The molecule has 7 heteroatoms. The number of hydrogen-bond donors (Lipinski definition) is 2. The maximum Gasteiger partial charge on any atom is 0.251 e. The zero-order chi connectivity index (χ0) is 19.6. The van der Waals surface area contributed by atoms with Crippen LogP contribution in [0.1, 0.15) is 15.9 Å². The molecule has 2 aromatic carbocycles. The van der Waals surface area contributed by atoms with Gasteiger partial charge in [0, 0.05) is 12.1 Å². The third-order valence-electron chi connectivity index (χ3n) is 3.95. The van der Waals surface area contributed by atoms with Crippen LogP contribution in [0.25, 0.3) is 0 Å². The van der Waals surface area contributed by atoms with Crippen molar-refractivity contribution in [3.05, 3.63) is 53.6 Å². The second kappa shape index (κ2) is 10.1. The zero-order valence-corrected chi connectivity index (χ0v) is 15.7. The predicted octanol–water partition coefficient (Wildman–Crippen LogP) is 1.80. The van der Waals surface area contributed by atoms with E-state index in [1.165, 1.54) is 7.11 Å². The van der Waals surface area contributed by atoms with E-state index < -0.39 is 0 Å². The molecule has 0 bridgehead atoms. The summed E-state index contributed by atoms with van der Waals surface area (Å²) in [6.45, 7) is 0.308. The smallest absolute Gasteiger partial charge is 0.251 e. The normalized spacial score (nSPS) is 10.0. The van der Waals surface area contributed by atoms with E-state index in [-0.39, 0.29) is 18.4 Å². The highest BCUT2D eigenvalue weighted by molar-refractivity contribution is 5.96. The molecule has 7 nitrogen and oxygen atoms in total. The highest BCUT2D eigenvalue weighted by Gasteiger charge is 2.10. The van der Waals surface area contributed by atoms with Gasteiger partial charge in [-0.15, -0.1) is 0 Å². The number of rotatable bonds is 9. The van der Waals surface area contributed by atoms with Crippen molar-refractivity contribution in [1.29, 1.82) is 0 Å². The van der Waals surface area contributed by atoms with Crippen LogP contribution in [0.15, 0.2) is 42.5 Å². The van der Waals surface area contributed by atoms with Crippen LogP contribution in [-0.4, -0.2) is 46.2 Å². The minimum absolute atomic E-state index is 0.106. The van der Waals surface area contributed by atoms with E-state index in [0.29, 0.717) is 24.3 Å². The van der Waals surface area contributed by atoms with Gasteiger partial charge in [-0.25, -0.2) is 0 Å². The molecule has 2 amide bonds. The zero-order valence-electron chi connectivity index (χ0n) is 15.7. The molecule has 0 aliphatic carbocycles. The van der Waals surface area contributed by atoms with E-state index in [4.69, 9.17) is 14.2 Å². The van der Waals surface area contributed by atoms with Crippen molar-refractivity contribution in [2.24, 2.45) is 0 Å². The van der Waals surface area contributed by atoms with Gasteiger partial charge in [0.1, 0.15) is 17.2 Å². The van der Waals surface area contributed by atoms with E-state index in [2.05, 4.69) is 10.6 Å². The Balaban J connectivity index is 1.80. The average Bonchev–Trinajstić information content (AvgIpc) is 2.71. The van der Waals surface area contributed by atoms with Gasteiger partial charge in [0.25, 0.3) is 5.91 Å². The lowest BCUT2D eigenvalue weighted by atomic mass is 10.1. The van der Waals surface area contributed by atoms with Gasteiger partial charge in [-0.1, -0.05) is 6.07 Å². The average molecular weight is 372 g/mol. The number of carbonyl (C=O) groups is 2. The molecular weight excluding hydrogens is 348 g/mol. The summed E-state index contributed by atoms with van der Waals surface area (Å²) in [5.74, 6) is 1.44. The summed E-state index contributed by atoms with van der Waals surface area (Å²) in [6, 6.07) is 12.2. The lowest BCUT2D eigenvalue weighted by Crippen LogP contribution is -2.37. The van der Waals surface area contributed by atoms with Crippen molar-refractivity contribution in [3.8, 4) is 17.2 Å². The Bertz CT molecular complexity index is 792. The first-order chi connectivity index (χ1) is 13.1. The first kappa shape index (κ1) is 20.1. The molecule has 0 aromatic heterocycles. The fourth-order valence-electron chi connectivity index (χ4n) is 2.50. The Morgan fingerprint density at radius 2 is 1.63 bits per heavy atom. The maximum atomic E-state index is 12.1. The van der Waals surface area contributed by atoms with Gasteiger partial charge in [0.05, 0.1) is 27.9 Å². The van der Waals surface area contributed by atoms with E-state index in [0.717, 1.165) is 17.1 Å². The molecule has 2 aromatic rings. The quantitative estimate of drug-likeness (QED) is 0.701. The number of hydrogen-bond acceptors (Lipinski definition) is 5. The Labute approximate surface area is 158 Å². The van der Waals surface area contributed by atoms with Gasteiger partial charge in [-0.05, 0) is 48.4 Å². The van der Waals surface area contributed by atoms with Gasteiger partial charge < -0.3 is 24.8 Å². The minimum atomic E-state index is -0.335. The molecule has 0 saturated carbocycles. The fourth-order valence-corrected chi connectivity index (χ4v) is 2.50. The van der Waals surface area contributed by atoms with Crippen LogP contribution in [0.3, 0.4) is 0 Å². The van der Waals surface area contributed by atoms with Crippen molar-refractivity contribution in [1.82, 2.24) is 10.6 Å². The SMILES string of the molecule is COc1cccc(C(=O)NCC(=O)NCCc2cc(OC)ccc2OC)c1. The predicted molar refractivity (Wildman–Crippen MR) is 102 cm³/mol. The molecule has 0 fully saturated rings. The summed E-state index contributed by atoms with van der Waals surface area (Å²) >= 11 is 0. The maximum absolute atomic E-state index is 12.1. The minimum Gasteiger partial charge on any atom is -0.497 e. The molecule has 0 heterocycles. The Hall–Kier alpha value is -3.22. The summed E-state index contributed by atoms with van der Waals surface area (Å²) in [7, 11) is 4.72. The molecule has 27 heavy (non-hydrogen) atoms. The van der Waals surface area contributed by atoms with Gasteiger partial charge in [-0.3, -0.25) is 9.59 Å². The Morgan fingerprint density at radius 1 is 0.889 bits per heavy atom. The number of amides is 2.